The minimum atomic E-state index is 0. The van der Waals surface area contributed by atoms with Gasteiger partial charge in [-0.25, -0.2) is 0 Å². The molecule has 0 saturated carbocycles. The molecular weight excluding hydrogens is 306 g/mol. The van der Waals surface area contributed by atoms with E-state index < -0.39 is 0 Å². The van der Waals surface area contributed by atoms with Gasteiger partial charge in [0.1, 0.15) is 0 Å². The zero-order valence-corrected chi connectivity index (χ0v) is 11.5. The van der Waals surface area contributed by atoms with Crippen molar-refractivity contribution >= 4 is 0 Å². The smallest absolute Gasteiger partial charge is 1.00 e. The van der Waals surface area contributed by atoms with E-state index in [1.807, 2.05) is 6.07 Å². The molecule has 0 heterocycles. The Kier molecular flexibility index (Phi) is 13.8. The molecular formula is C9H7Cl3Zr. The van der Waals surface area contributed by atoms with Gasteiger partial charge in [-0.3, -0.25) is 0 Å². The van der Waals surface area contributed by atoms with E-state index in [4.69, 9.17) is 0 Å². The molecule has 13 heavy (non-hydrogen) atoms. The van der Waals surface area contributed by atoms with Crippen molar-refractivity contribution in [2.75, 3.05) is 0 Å². The summed E-state index contributed by atoms with van der Waals surface area (Å²) in [5, 5.41) is 0. The molecule has 0 N–H and O–H groups in total. The average Bonchev–Trinajstić information content (AvgIpc) is 2.33. The molecule has 1 aromatic rings. The summed E-state index contributed by atoms with van der Waals surface area (Å²) in [6.07, 6.45) is 6.31. The maximum atomic E-state index is 3.18. The molecule has 0 unspecified atom stereocenters. The van der Waals surface area contributed by atoms with Crippen LogP contribution in [-0.4, -0.2) is 0 Å². The van der Waals surface area contributed by atoms with Crippen LogP contribution in [0.15, 0.2) is 30.3 Å². The number of hydrogen-bond donors (Lipinski definition) is 0. The maximum Gasteiger partial charge on any atom is 4.00 e. The van der Waals surface area contributed by atoms with Crippen molar-refractivity contribution < 1.29 is 63.4 Å². The van der Waals surface area contributed by atoms with Gasteiger partial charge in [-0.2, -0.15) is 23.8 Å². The third-order valence-corrected chi connectivity index (χ3v) is 1.60. The molecule has 1 aromatic carbocycles. The number of rotatable bonds is 0. The van der Waals surface area contributed by atoms with E-state index in [-0.39, 0.29) is 63.4 Å². The van der Waals surface area contributed by atoms with Crippen molar-refractivity contribution in [2.24, 2.45) is 0 Å². The topological polar surface area (TPSA) is 0 Å². The number of hydrogen-bond acceptors (Lipinski definition) is 0. The van der Waals surface area contributed by atoms with Gasteiger partial charge < -0.3 is 37.2 Å². The van der Waals surface area contributed by atoms with Gasteiger partial charge in [-0.05, 0) is 0 Å². The van der Waals surface area contributed by atoms with Crippen molar-refractivity contribution in [2.45, 2.75) is 6.42 Å². The number of allylic oxidation sites excluding steroid dienone is 1. The average molecular weight is 313 g/mol. The standard InChI is InChI=1S/C9H7.3ClH.Zr/c1-2-5-9-7-3-6-8(9)4-1;;;;/h1-5H,6H2;3*1H;/q-1;;;;+4/p-3. The molecule has 1 aliphatic rings. The molecule has 4 heteroatoms. The largest absolute Gasteiger partial charge is 4.00 e. The fourth-order valence-corrected chi connectivity index (χ4v) is 1.11. The Morgan fingerprint density at radius 2 is 1.62 bits per heavy atom. The Morgan fingerprint density at radius 3 is 2.23 bits per heavy atom. The monoisotopic (exact) mass is 310 g/mol. The van der Waals surface area contributed by atoms with Gasteiger partial charge in [0.05, 0.1) is 0 Å². The van der Waals surface area contributed by atoms with E-state index in [2.05, 4.69) is 30.4 Å². The molecule has 0 spiro atoms. The van der Waals surface area contributed by atoms with Gasteiger partial charge in [0, 0.05) is 0 Å². The first-order valence-corrected chi connectivity index (χ1v) is 3.13. The summed E-state index contributed by atoms with van der Waals surface area (Å²) in [6.45, 7) is 0. The number of halogens is 3. The second-order valence-corrected chi connectivity index (χ2v) is 2.21. The first-order chi connectivity index (χ1) is 4.47. The zero-order chi connectivity index (χ0) is 6.10. The molecule has 0 fully saturated rings. The molecule has 2 rings (SSSR count). The number of fused-ring (bicyclic) bond motifs is 1. The van der Waals surface area contributed by atoms with E-state index in [0.29, 0.717) is 0 Å². The van der Waals surface area contributed by atoms with E-state index in [9.17, 15) is 0 Å². The van der Waals surface area contributed by atoms with Crippen LogP contribution in [-0.2, 0) is 32.6 Å². The summed E-state index contributed by atoms with van der Waals surface area (Å²) < 4.78 is 0. The summed E-state index contributed by atoms with van der Waals surface area (Å²) in [4.78, 5) is 0. The Balaban J connectivity index is -0.000000250. The van der Waals surface area contributed by atoms with Crippen molar-refractivity contribution in [3.05, 3.63) is 47.5 Å². The van der Waals surface area contributed by atoms with Crippen LogP contribution in [0.2, 0.25) is 0 Å². The van der Waals surface area contributed by atoms with Gasteiger partial charge in [-0.15, -0.1) is 17.7 Å². The predicted molar refractivity (Wildman–Crippen MR) is 37.1 cm³/mol. The van der Waals surface area contributed by atoms with Crippen molar-refractivity contribution in [3.8, 4) is 0 Å². The molecule has 1 aliphatic carbocycles. The summed E-state index contributed by atoms with van der Waals surface area (Å²) in [7, 11) is 0. The van der Waals surface area contributed by atoms with Crippen LogP contribution in [0.1, 0.15) is 11.1 Å². The van der Waals surface area contributed by atoms with Gasteiger partial charge in [0.25, 0.3) is 0 Å². The SMILES string of the molecule is [C-]1=CCc2ccccc21.[Cl-].[Cl-].[Cl-].[Zr+4]. The molecule has 0 aromatic heterocycles. The number of benzene rings is 1. The van der Waals surface area contributed by atoms with Crippen LogP contribution in [0, 0.1) is 6.08 Å². The zero-order valence-electron chi connectivity index (χ0n) is 6.73. The van der Waals surface area contributed by atoms with Crippen molar-refractivity contribution in [1.82, 2.24) is 0 Å². The van der Waals surface area contributed by atoms with Gasteiger partial charge in [0.2, 0.25) is 0 Å². The maximum absolute atomic E-state index is 3.18. The quantitative estimate of drug-likeness (QED) is 0.418. The molecule has 0 nitrogen and oxygen atoms in total. The minimum absolute atomic E-state index is 0. The Hall–Kier alpha value is 0.713. The Morgan fingerprint density at radius 1 is 1.00 bits per heavy atom. The van der Waals surface area contributed by atoms with Crippen LogP contribution in [0.3, 0.4) is 0 Å². The molecule has 0 bridgehead atoms. The van der Waals surface area contributed by atoms with Crippen LogP contribution in [0.25, 0.3) is 0 Å². The second-order valence-electron chi connectivity index (χ2n) is 2.21. The Bertz CT molecular complexity index is 261. The third kappa shape index (κ3) is 4.65. The molecule has 68 valence electrons. The van der Waals surface area contributed by atoms with Gasteiger partial charge >= 0.3 is 26.2 Å². The second kappa shape index (κ2) is 9.28. The summed E-state index contributed by atoms with van der Waals surface area (Å²) in [6, 6.07) is 8.36. The van der Waals surface area contributed by atoms with Crippen molar-refractivity contribution in [3.63, 3.8) is 0 Å². The molecule has 0 radical (unpaired) electrons. The first kappa shape index (κ1) is 19.3. The van der Waals surface area contributed by atoms with Gasteiger partial charge in [-0.1, -0.05) is 12.5 Å². The van der Waals surface area contributed by atoms with Gasteiger partial charge in [0.15, 0.2) is 0 Å². The third-order valence-electron chi connectivity index (χ3n) is 1.60. The minimum Gasteiger partial charge on any atom is -1.00 e. The van der Waals surface area contributed by atoms with Crippen molar-refractivity contribution in [1.29, 1.82) is 0 Å². The van der Waals surface area contributed by atoms with E-state index >= 15 is 0 Å². The molecule has 0 saturated heterocycles. The van der Waals surface area contributed by atoms with Crippen LogP contribution >= 0.6 is 0 Å². The van der Waals surface area contributed by atoms with E-state index in [0.717, 1.165) is 6.42 Å². The first-order valence-electron chi connectivity index (χ1n) is 3.13. The fraction of sp³-hybridized carbons (Fsp3) is 0.111. The molecule has 0 atom stereocenters. The van der Waals surface area contributed by atoms with Crippen LogP contribution in [0.4, 0.5) is 0 Å². The molecule has 0 aliphatic heterocycles. The Labute approximate surface area is 117 Å². The van der Waals surface area contributed by atoms with Crippen LogP contribution in [0.5, 0.6) is 0 Å². The summed E-state index contributed by atoms with van der Waals surface area (Å²) in [5.74, 6) is 0. The fourth-order valence-electron chi connectivity index (χ4n) is 1.11. The van der Waals surface area contributed by atoms with Crippen LogP contribution < -0.4 is 37.2 Å². The summed E-state index contributed by atoms with van der Waals surface area (Å²) in [5.41, 5.74) is 2.66. The molecule has 0 amide bonds. The normalized spacial score (nSPS) is 9.54. The van der Waals surface area contributed by atoms with E-state index in [1.54, 1.807) is 0 Å². The van der Waals surface area contributed by atoms with E-state index in [1.165, 1.54) is 11.1 Å². The summed E-state index contributed by atoms with van der Waals surface area (Å²) >= 11 is 0. The predicted octanol–water partition coefficient (Wildman–Crippen LogP) is -7.04.